The van der Waals surface area contributed by atoms with Crippen molar-refractivity contribution in [1.29, 1.82) is 0 Å². The first-order valence-electron chi connectivity index (χ1n) is 10.6. The lowest BCUT2D eigenvalue weighted by molar-refractivity contribution is 0.205. The van der Waals surface area contributed by atoms with E-state index in [0.29, 0.717) is 5.92 Å². The standard InChI is InChI=1S/C27H26N2/c1-3-9-21(10-4-1)22-15-17-29(18-16-22)20-25-19-24-13-7-8-14-26(24)28-27(25)23-11-5-2-6-12-23/h1-14,19,22H,15-18,20H2. The Balaban J connectivity index is 1.40. The molecular formula is C27H26N2. The van der Waals surface area contributed by atoms with Gasteiger partial charge in [0.15, 0.2) is 0 Å². The van der Waals surface area contributed by atoms with E-state index in [0.717, 1.165) is 30.8 Å². The van der Waals surface area contributed by atoms with Gasteiger partial charge in [0, 0.05) is 17.5 Å². The van der Waals surface area contributed by atoms with Gasteiger partial charge >= 0.3 is 0 Å². The van der Waals surface area contributed by atoms with Crippen LogP contribution in [0.25, 0.3) is 22.2 Å². The van der Waals surface area contributed by atoms with Crippen molar-refractivity contribution in [3.63, 3.8) is 0 Å². The van der Waals surface area contributed by atoms with Crippen LogP contribution in [0, 0.1) is 0 Å². The van der Waals surface area contributed by atoms with Gasteiger partial charge in [0.1, 0.15) is 0 Å². The number of pyridine rings is 1. The largest absolute Gasteiger partial charge is 0.299 e. The summed E-state index contributed by atoms with van der Waals surface area (Å²) in [7, 11) is 0. The van der Waals surface area contributed by atoms with Crippen molar-refractivity contribution in [2.75, 3.05) is 13.1 Å². The molecule has 3 aromatic carbocycles. The molecule has 0 bridgehead atoms. The van der Waals surface area contributed by atoms with Crippen molar-refractivity contribution in [2.45, 2.75) is 25.3 Å². The van der Waals surface area contributed by atoms with Crippen molar-refractivity contribution in [3.8, 4) is 11.3 Å². The fourth-order valence-electron chi connectivity index (χ4n) is 4.52. The van der Waals surface area contributed by atoms with Crippen molar-refractivity contribution in [1.82, 2.24) is 9.88 Å². The first-order valence-corrected chi connectivity index (χ1v) is 10.6. The maximum Gasteiger partial charge on any atom is 0.0754 e. The van der Waals surface area contributed by atoms with Gasteiger partial charge in [-0.1, -0.05) is 78.9 Å². The topological polar surface area (TPSA) is 16.1 Å². The number of hydrogen-bond acceptors (Lipinski definition) is 2. The van der Waals surface area contributed by atoms with Crippen LogP contribution >= 0.6 is 0 Å². The summed E-state index contributed by atoms with van der Waals surface area (Å²) >= 11 is 0. The van der Waals surface area contributed by atoms with Crippen molar-refractivity contribution in [3.05, 3.63) is 102 Å². The molecule has 0 aliphatic carbocycles. The molecule has 0 N–H and O–H groups in total. The van der Waals surface area contributed by atoms with Crippen molar-refractivity contribution in [2.24, 2.45) is 0 Å². The van der Waals surface area contributed by atoms with Crippen LogP contribution in [0.2, 0.25) is 0 Å². The molecule has 0 atom stereocenters. The van der Waals surface area contributed by atoms with Gasteiger partial charge in [-0.15, -0.1) is 0 Å². The van der Waals surface area contributed by atoms with Crippen LogP contribution in [-0.4, -0.2) is 23.0 Å². The first kappa shape index (κ1) is 18.1. The third-order valence-corrected chi connectivity index (χ3v) is 6.10. The molecule has 2 heterocycles. The van der Waals surface area contributed by atoms with Gasteiger partial charge in [-0.3, -0.25) is 4.90 Å². The Hall–Kier alpha value is -2.97. The van der Waals surface area contributed by atoms with E-state index in [1.54, 1.807) is 0 Å². The highest BCUT2D eigenvalue weighted by Gasteiger charge is 2.21. The quantitative estimate of drug-likeness (QED) is 0.415. The maximum absolute atomic E-state index is 5.05. The van der Waals surface area contributed by atoms with Gasteiger partial charge in [0.25, 0.3) is 0 Å². The first-order chi connectivity index (χ1) is 14.4. The van der Waals surface area contributed by atoms with Crippen LogP contribution < -0.4 is 0 Å². The summed E-state index contributed by atoms with van der Waals surface area (Å²) in [6.45, 7) is 3.24. The predicted octanol–water partition coefficient (Wildman–Crippen LogP) is 6.28. The zero-order chi connectivity index (χ0) is 19.5. The number of nitrogens with zero attached hydrogens (tertiary/aromatic N) is 2. The van der Waals surface area contributed by atoms with E-state index in [4.69, 9.17) is 4.98 Å². The van der Waals surface area contributed by atoms with Crippen LogP contribution in [0.1, 0.15) is 29.9 Å². The summed E-state index contributed by atoms with van der Waals surface area (Å²) in [6.07, 6.45) is 2.46. The Labute approximate surface area is 172 Å². The van der Waals surface area contributed by atoms with Gasteiger partial charge in [-0.05, 0) is 55.1 Å². The second-order valence-electron chi connectivity index (χ2n) is 8.02. The van der Waals surface area contributed by atoms with Crippen LogP contribution in [0.4, 0.5) is 0 Å². The molecule has 0 spiro atoms. The van der Waals surface area contributed by atoms with E-state index in [1.807, 2.05) is 0 Å². The molecule has 29 heavy (non-hydrogen) atoms. The molecule has 5 rings (SSSR count). The third-order valence-electron chi connectivity index (χ3n) is 6.10. The minimum absolute atomic E-state index is 0.691. The van der Waals surface area contributed by atoms with Gasteiger partial charge in [-0.25, -0.2) is 4.98 Å². The summed E-state index contributed by atoms with van der Waals surface area (Å²) in [4.78, 5) is 7.64. The highest BCUT2D eigenvalue weighted by atomic mass is 15.1. The summed E-state index contributed by atoms with van der Waals surface area (Å²) in [5.41, 5.74) is 6.21. The lowest BCUT2D eigenvalue weighted by Crippen LogP contribution is -2.32. The minimum Gasteiger partial charge on any atom is -0.299 e. The van der Waals surface area contributed by atoms with E-state index in [-0.39, 0.29) is 0 Å². The molecule has 4 aromatic rings. The van der Waals surface area contributed by atoms with Crippen LogP contribution in [0.5, 0.6) is 0 Å². The Kier molecular flexibility index (Phi) is 5.10. The molecule has 144 valence electrons. The summed E-state index contributed by atoms with van der Waals surface area (Å²) < 4.78 is 0. The molecule has 0 amide bonds. The van der Waals surface area contributed by atoms with E-state index in [1.165, 1.54) is 34.9 Å². The van der Waals surface area contributed by atoms with E-state index in [9.17, 15) is 0 Å². The average molecular weight is 379 g/mol. The second-order valence-corrected chi connectivity index (χ2v) is 8.02. The molecule has 1 aromatic heterocycles. The van der Waals surface area contributed by atoms with E-state index >= 15 is 0 Å². The van der Waals surface area contributed by atoms with Gasteiger partial charge in [-0.2, -0.15) is 0 Å². The molecule has 1 fully saturated rings. The smallest absolute Gasteiger partial charge is 0.0754 e. The summed E-state index contributed by atoms with van der Waals surface area (Å²) in [5.74, 6) is 0.691. The Morgan fingerprint density at radius 3 is 2.17 bits per heavy atom. The molecule has 1 aliphatic rings. The van der Waals surface area contributed by atoms with Gasteiger partial charge in [0.2, 0.25) is 0 Å². The Morgan fingerprint density at radius 2 is 1.41 bits per heavy atom. The number of fused-ring (bicyclic) bond motifs is 1. The van der Waals surface area contributed by atoms with E-state index in [2.05, 4.69) is 95.9 Å². The fraction of sp³-hybridized carbons (Fsp3) is 0.222. The number of para-hydroxylation sites is 1. The zero-order valence-corrected chi connectivity index (χ0v) is 16.7. The Bertz CT molecular complexity index is 1080. The average Bonchev–Trinajstić information content (AvgIpc) is 2.80. The number of benzene rings is 3. The third kappa shape index (κ3) is 3.94. The number of hydrogen-bond donors (Lipinski definition) is 0. The second kappa shape index (κ2) is 8.18. The maximum atomic E-state index is 5.05. The number of likely N-dealkylation sites (tertiary alicyclic amines) is 1. The Morgan fingerprint density at radius 1 is 0.759 bits per heavy atom. The van der Waals surface area contributed by atoms with Crippen LogP contribution in [0.15, 0.2) is 91.0 Å². The highest BCUT2D eigenvalue weighted by molar-refractivity contribution is 5.83. The molecule has 2 nitrogen and oxygen atoms in total. The van der Waals surface area contributed by atoms with Gasteiger partial charge < -0.3 is 0 Å². The number of rotatable bonds is 4. The molecule has 0 radical (unpaired) electrons. The minimum atomic E-state index is 0.691. The SMILES string of the molecule is c1ccc(-c2nc3ccccc3cc2CN2CCC(c3ccccc3)CC2)cc1. The molecule has 0 unspecified atom stereocenters. The predicted molar refractivity (Wildman–Crippen MR) is 121 cm³/mol. The lowest BCUT2D eigenvalue weighted by atomic mass is 9.89. The van der Waals surface area contributed by atoms with Crippen molar-refractivity contribution >= 4 is 10.9 Å². The lowest BCUT2D eigenvalue weighted by Gasteiger charge is -2.32. The highest BCUT2D eigenvalue weighted by Crippen LogP contribution is 2.31. The molecule has 2 heteroatoms. The molecule has 1 aliphatic heterocycles. The summed E-state index contributed by atoms with van der Waals surface area (Å²) in [5, 5.41) is 1.22. The molecule has 1 saturated heterocycles. The monoisotopic (exact) mass is 378 g/mol. The zero-order valence-electron chi connectivity index (χ0n) is 16.7. The number of piperidine rings is 1. The summed E-state index contributed by atoms with van der Waals surface area (Å²) in [6, 6.07) is 32.4. The van der Waals surface area contributed by atoms with Crippen LogP contribution in [-0.2, 0) is 6.54 Å². The molecular weight excluding hydrogens is 352 g/mol. The van der Waals surface area contributed by atoms with E-state index < -0.39 is 0 Å². The fourth-order valence-corrected chi connectivity index (χ4v) is 4.52. The van der Waals surface area contributed by atoms with Crippen LogP contribution in [0.3, 0.4) is 0 Å². The van der Waals surface area contributed by atoms with Gasteiger partial charge in [0.05, 0.1) is 11.2 Å². The normalized spacial score (nSPS) is 15.6. The molecule has 0 saturated carbocycles. The van der Waals surface area contributed by atoms with Crippen molar-refractivity contribution < 1.29 is 0 Å². The number of aromatic nitrogens is 1.